The molecule has 1 atom stereocenters. The normalized spacial score (nSPS) is 12.8. The second kappa shape index (κ2) is 6.99. The predicted molar refractivity (Wildman–Crippen MR) is 67.0 cm³/mol. The topological polar surface area (TPSA) is 21.3 Å². The van der Waals surface area contributed by atoms with Crippen molar-refractivity contribution >= 4 is 15.9 Å². The molecule has 16 heavy (non-hydrogen) atoms. The van der Waals surface area contributed by atoms with E-state index in [1.165, 1.54) is 0 Å². The summed E-state index contributed by atoms with van der Waals surface area (Å²) in [5.74, 6) is -0.219. The molecule has 0 radical (unpaired) electrons. The molecule has 1 aromatic rings. The van der Waals surface area contributed by atoms with Crippen molar-refractivity contribution in [3.63, 3.8) is 0 Å². The lowest BCUT2D eigenvalue weighted by molar-refractivity contribution is 0.193. The summed E-state index contributed by atoms with van der Waals surface area (Å²) in [5.41, 5.74) is 0.957. The van der Waals surface area contributed by atoms with Gasteiger partial charge in [0.15, 0.2) is 0 Å². The lowest BCUT2D eigenvalue weighted by Crippen LogP contribution is -2.20. The summed E-state index contributed by atoms with van der Waals surface area (Å²) in [5, 5.41) is 3.32. The molecule has 0 aromatic heterocycles. The van der Waals surface area contributed by atoms with Gasteiger partial charge in [0.05, 0.1) is 4.47 Å². The third kappa shape index (κ3) is 4.20. The van der Waals surface area contributed by atoms with Gasteiger partial charge in [-0.05, 0) is 53.5 Å². The van der Waals surface area contributed by atoms with Crippen LogP contribution in [0.5, 0.6) is 0 Å². The van der Waals surface area contributed by atoms with Crippen LogP contribution in [0.3, 0.4) is 0 Å². The van der Waals surface area contributed by atoms with Crippen molar-refractivity contribution in [2.45, 2.75) is 19.4 Å². The van der Waals surface area contributed by atoms with E-state index in [1.54, 1.807) is 19.2 Å². The van der Waals surface area contributed by atoms with Crippen LogP contribution in [0.1, 0.15) is 24.9 Å². The van der Waals surface area contributed by atoms with E-state index < -0.39 is 0 Å². The smallest absolute Gasteiger partial charge is 0.137 e. The monoisotopic (exact) mass is 289 g/mol. The second-order valence-electron chi connectivity index (χ2n) is 3.70. The van der Waals surface area contributed by atoms with Crippen molar-refractivity contribution in [1.82, 2.24) is 5.32 Å². The SMILES string of the molecule is COCCCNC(C)c1ccc(Br)c(F)c1. The number of halogens is 2. The van der Waals surface area contributed by atoms with Gasteiger partial charge < -0.3 is 10.1 Å². The Morgan fingerprint density at radius 2 is 2.25 bits per heavy atom. The molecular formula is C12H17BrFNO. The van der Waals surface area contributed by atoms with Crippen LogP contribution >= 0.6 is 15.9 Å². The van der Waals surface area contributed by atoms with Gasteiger partial charge in [-0.2, -0.15) is 0 Å². The molecule has 0 fully saturated rings. The largest absolute Gasteiger partial charge is 0.385 e. The van der Waals surface area contributed by atoms with E-state index >= 15 is 0 Å². The first kappa shape index (κ1) is 13.6. The maximum atomic E-state index is 13.3. The van der Waals surface area contributed by atoms with E-state index in [0.717, 1.165) is 25.1 Å². The Morgan fingerprint density at radius 1 is 1.50 bits per heavy atom. The number of methoxy groups -OCH3 is 1. The van der Waals surface area contributed by atoms with Crippen LogP contribution in [-0.4, -0.2) is 20.3 Å². The van der Waals surface area contributed by atoms with E-state index in [4.69, 9.17) is 4.74 Å². The molecular weight excluding hydrogens is 273 g/mol. The summed E-state index contributed by atoms with van der Waals surface area (Å²) in [6, 6.07) is 5.36. The molecule has 2 nitrogen and oxygen atoms in total. The number of rotatable bonds is 6. The van der Waals surface area contributed by atoms with Crippen molar-refractivity contribution in [2.24, 2.45) is 0 Å². The van der Waals surface area contributed by atoms with Crippen LogP contribution in [0.2, 0.25) is 0 Å². The minimum absolute atomic E-state index is 0.152. The molecule has 0 saturated carbocycles. The van der Waals surface area contributed by atoms with Gasteiger partial charge in [-0.3, -0.25) is 0 Å². The first-order valence-electron chi connectivity index (χ1n) is 5.32. The van der Waals surface area contributed by atoms with Gasteiger partial charge in [0.2, 0.25) is 0 Å². The number of hydrogen-bond donors (Lipinski definition) is 1. The minimum Gasteiger partial charge on any atom is -0.385 e. The molecule has 0 aliphatic rings. The minimum atomic E-state index is -0.219. The molecule has 0 aliphatic carbocycles. The Morgan fingerprint density at radius 3 is 2.88 bits per heavy atom. The fraction of sp³-hybridized carbons (Fsp3) is 0.500. The summed E-state index contributed by atoms with van der Waals surface area (Å²) in [6.07, 6.45) is 0.958. The molecule has 1 N–H and O–H groups in total. The van der Waals surface area contributed by atoms with E-state index in [2.05, 4.69) is 21.2 Å². The summed E-state index contributed by atoms with van der Waals surface area (Å²) >= 11 is 3.14. The van der Waals surface area contributed by atoms with Crippen molar-refractivity contribution in [3.05, 3.63) is 34.1 Å². The number of hydrogen-bond acceptors (Lipinski definition) is 2. The molecule has 1 unspecified atom stereocenters. The van der Waals surface area contributed by atoms with E-state index in [1.807, 2.05) is 13.0 Å². The van der Waals surface area contributed by atoms with Gasteiger partial charge in [-0.25, -0.2) is 4.39 Å². The maximum Gasteiger partial charge on any atom is 0.137 e. The third-order valence-corrected chi connectivity index (χ3v) is 3.06. The lowest BCUT2D eigenvalue weighted by Gasteiger charge is -2.14. The highest BCUT2D eigenvalue weighted by atomic mass is 79.9. The molecule has 0 bridgehead atoms. The van der Waals surface area contributed by atoms with Gasteiger partial charge in [0, 0.05) is 19.8 Å². The molecule has 4 heteroatoms. The molecule has 90 valence electrons. The van der Waals surface area contributed by atoms with Crippen LogP contribution in [0.25, 0.3) is 0 Å². The molecule has 0 spiro atoms. The molecule has 0 heterocycles. The van der Waals surface area contributed by atoms with Gasteiger partial charge in [0.25, 0.3) is 0 Å². The Kier molecular flexibility index (Phi) is 5.95. The van der Waals surface area contributed by atoms with Gasteiger partial charge in [0.1, 0.15) is 5.82 Å². The van der Waals surface area contributed by atoms with E-state index in [-0.39, 0.29) is 11.9 Å². The predicted octanol–water partition coefficient (Wildman–Crippen LogP) is 3.28. The highest BCUT2D eigenvalue weighted by Crippen LogP contribution is 2.20. The van der Waals surface area contributed by atoms with Crippen molar-refractivity contribution < 1.29 is 9.13 Å². The molecule has 0 aliphatic heterocycles. The summed E-state index contributed by atoms with van der Waals surface area (Å²) in [4.78, 5) is 0. The fourth-order valence-corrected chi connectivity index (χ4v) is 1.68. The first-order chi connectivity index (χ1) is 7.65. The van der Waals surface area contributed by atoms with Gasteiger partial charge in [-0.15, -0.1) is 0 Å². The summed E-state index contributed by atoms with van der Waals surface area (Å²) < 4.78 is 18.7. The lowest BCUT2D eigenvalue weighted by atomic mass is 10.1. The van der Waals surface area contributed by atoms with Crippen LogP contribution in [0.4, 0.5) is 4.39 Å². The van der Waals surface area contributed by atoms with E-state index in [0.29, 0.717) is 4.47 Å². The summed E-state index contributed by atoms with van der Waals surface area (Å²) in [6.45, 7) is 3.64. The Labute approximate surface area is 104 Å². The highest BCUT2D eigenvalue weighted by Gasteiger charge is 2.07. The van der Waals surface area contributed by atoms with Crippen molar-refractivity contribution in [3.8, 4) is 0 Å². The Balaban J connectivity index is 2.46. The molecule has 1 aromatic carbocycles. The Bertz CT molecular complexity index is 333. The second-order valence-corrected chi connectivity index (χ2v) is 4.55. The summed E-state index contributed by atoms with van der Waals surface area (Å²) in [7, 11) is 1.69. The molecule has 1 rings (SSSR count). The zero-order chi connectivity index (χ0) is 12.0. The van der Waals surface area contributed by atoms with Gasteiger partial charge >= 0.3 is 0 Å². The zero-order valence-corrected chi connectivity index (χ0v) is 11.2. The van der Waals surface area contributed by atoms with E-state index in [9.17, 15) is 4.39 Å². The average molecular weight is 290 g/mol. The maximum absolute atomic E-state index is 13.3. The molecule has 0 saturated heterocycles. The van der Waals surface area contributed by atoms with Crippen LogP contribution in [0, 0.1) is 5.82 Å². The Hall–Kier alpha value is -0.450. The average Bonchev–Trinajstić information content (AvgIpc) is 2.28. The highest BCUT2D eigenvalue weighted by molar-refractivity contribution is 9.10. The van der Waals surface area contributed by atoms with Crippen LogP contribution in [0.15, 0.2) is 22.7 Å². The van der Waals surface area contributed by atoms with Crippen molar-refractivity contribution in [1.29, 1.82) is 0 Å². The standard InChI is InChI=1S/C12H17BrFNO/c1-9(15-6-3-7-16-2)10-4-5-11(13)12(14)8-10/h4-5,8-9,15H,3,6-7H2,1-2H3. The first-order valence-corrected chi connectivity index (χ1v) is 6.11. The third-order valence-electron chi connectivity index (χ3n) is 2.42. The quantitative estimate of drug-likeness (QED) is 0.812. The number of benzene rings is 1. The number of ether oxygens (including phenoxy) is 1. The van der Waals surface area contributed by atoms with Crippen molar-refractivity contribution in [2.75, 3.05) is 20.3 Å². The fourth-order valence-electron chi connectivity index (χ4n) is 1.43. The number of nitrogens with one attached hydrogen (secondary N) is 1. The zero-order valence-electron chi connectivity index (χ0n) is 9.59. The molecule has 0 amide bonds. The van der Waals surface area contributed by atoms with Crippen LogP contribution < -0.4 is 5.32 Å². The van der Waals surface area contributed by atoms with Gasteiger partial charge in [-0.1, -0.05) is 6.07 Å². The van der Waals surface area contributed by atoms with Crippen LogP contribution in [-0.2, 0) is 4.74 Å².